The fourth-order valence-electron chi connectivity index (χ4n) is 3.24. The highest BCUT2D eigenvalue weighted by molar-refractivity contribution is 7.17. The summed E-state index contributed by atoms with van der Waals surface area (Å²) in [6, 6.07) is 10.3. The van der Waals surface area contributed by atoms with Crippen LogP contribution in [0.25, 0.3) is 43.2 Å². The Hall–Kier alpha value is -3.32. The van der Waals surface area contributed by atoms with Gasteiger partial charge in [0.25, 0.3) is 5.56 Å². The predicted molar refractivity (Wildman–Crippen MR) is 97.4 cm³/mol. The van der Waals surface area contributed by atoms with Gasteiger partial charge in [-0.3, -0.25) is 9.78 Å². The second-order valence-electron chi connectivity index (χ2n) is 5.73. The number of hydrogen-bond donors (Lipinski definition) is 3. The van der Waals surface area contributed by atoms with Gasteiger partial charge < -0.3 is 14.5 Å². The van der Waals surface area contributed by atoms with Crippen molar-refractivity contribution in [2.45, 2.75) is 0 Å². The summed E-state index contributed by atoms with van der Waals surface area (Å²) in [5.74, 6) is -0.434. The number of pyridine rings is 1. The normalized spacial score (nSPS) is 11.7. The minimum atomic E-state index is -0.529. The summed E-state index contributed by atoms with van der Waals surface area (Å²) in [5.41, 5.74) is 2.80. The lowest BCUT2D eigenvalue weighted by molar-refractivity contribution is 0.478. The first-order valence-corrected chi connectivity index (χ1v) is 8.38. The highest BCUT2D eigenvalue weighted by Gasteiger charge is 2.16. The summed E-state index contributed by atoms with van der Waals surface area (Å²) in [6.07, 6.45) is 0. The third-order valence-corrected chi connectivity index (χ3v) is 5.19. The van der Waals surface area contributed by atoms with Gasteiger partial charge >= 0.3 is 5.76 Å². The van der Waals surface area contributed by atoms with Gasteiger partial charge in [-0.2, -0.15) is 0 Å². The van der Waals surface area contributed by atoms with Crippen molar-refractivity contribution in [1.29, 1.82) is 0 Å². The van der Waals surface area contributed by atoms with Crippen LogP contribution in [0.3, 0.4) is 0 Å². The van der Waals surface area contributed by atoms with E-state index in [2.05, 4.69) is 9.97 Å². The summed E-state index contributed by atoms with van der Waals surface area (Å²) in [4.78, 5) is 29.1. The van der Waals surface area contributed by atoms with Gasteiger partial charge in [0.1, 0.15) is 10.4 Å². The summed E-state index contributed by atoms with van der Waals surface area (Å²) >= 11 is 1.36. The molecular weight excluding hydrogens is 340 g/mol. The molecule has 3 N–H and O–H groups in total. The molecular formula is C18H10N2O4S. The van der Waals surface area contributed by atoms with Crippen molar-refractivity contribution in [3.8, 4) is 16.9 Å². The SMILES string of the molecule is O=c1[nH]c2cc(-c3c(O)ccc4[nH]c(=O)c5sccc5c34)ccc2o1. The van der Waals surface area contributed by atoms with Gasteiger partial charge in [0.05, 0.1) is 5.52 Å². The monoisotopic (exact) mass is 350 g/mol. The van der Waals surface area contributed by atoms with Crippen molar-refractivity contribution in [2.75, 3.05) is 0 Å². The zero-order valence-corrected chi connectivity index (χ0v) is 13.4. The standard InChI is InChI=1S/C18H10N2O4S/c21-12-3-2-10-15(9-5-6-25-16(9)17(22)19-10)14(12)8-1-4-13-11(7-8)20-18(23)24-13/h1-7,21H,(H,19,22)(H,20,23). The Kier molecular flexibility index (Phi) is 2.72. The Labute approximate surface area is 143 Å². The zero-order valence-electron chi connectivity index (χ0n) is 12.6. The second kappa shape index (κ2) is 4.84. The third-order valence-electron chi connectivity index (χ3n) is 4.28. The molecule has 122 valence electrons. The molecule has 0 aliphatic rings. The molecule has 0 fully saturated rings. The Morgan fingerprint density at radius 2 is 1.88 bits per heavy atom. The van der Waals surface area contributed by atoms with E-state index in [4.69, 9.17) is 4.42 Å². The molecule has 5 aromatic rings. The van der Waals surface area contributed by atoms with E-state index in [9.17, 15) is 14.7 Å². The van der Waals surface area contributed by atoms with E-state index in [0.717, 1.165) is 10.8 Å². The number of rotatable bonds is 1. The van der Waals surface area contributed by atoms with Crippen molar-refractivity contribution >= 4 is 43.4 Å². The van der Waals surface area contributed by atoms with Crippen LogP contribution < -0.4 is 11.3 Å². The van der Waals surface area contributed by atoms with Crippen LogP contribution in [-0.4, -0.2) is 15.1 Å². The number of hydrogen-bond acceptors (Lipinski definition) is 5. The Bertz CT molecular complexity index is 1400. The lowest BCUT2D eigenvalue weighted by Crippen LogP contribution is -2.04. The van der Waals surface area contributed by atoms with Crippen molar-refractivity contribution in [3.05, 3.63) is 62.7 Å². The van der Waals surface area contributed by atoms with E-state index in [1.54, 1.807) is 30.3 Å². The van der Waals surface area contributed by atoms with Gasteiger partial charge in [-0.05, 0) is 41.3 Å². The molecule has 0 aliphatic heterocycles. The van der Waals surface area contributed by atoms with Crippen LogP contribution in [-0.2, 0) is 0 Å². The first-order valence-electron chi connectivity index (χ1n) is 7.50. The van der Waals surface area contributed by atoms with E-state index in [1.807, 2.05) is 11.4 Å². The molecule has 25 heavy (non-hydrogen) atoms. The average Bonchev–Trinajstić information content (AvgIpc) is 3.20. The number of thiophene rings is 1. The second-order valence-corrected chi connectivity index (χ2v) is 6.64. The fraction of sp³-hybridized carbons (Fsp3) is 0. The lowest BCUT2D eigenvalue weighted by atomic mass is 9.97. The van der Waals surface area contributed by atoms with E-state index in [0.29, 0.717) is 32.4 Å². The molecule has 0 amide bonds. The predicted octanol–water partition coefficient (Wildman–Crippen LogP) is 3.55. The van der Waals surface area contributed by atoms with Crippen molar-refractivity contribution < 1.29 is 9.52 Å². The molecule has 3 heterocycles. The quantitative estimate of drug-likeness (QED) is 0.430. The molecule has 0 aliphatic carbocycles. The van der Waals surface area contributed by atoms with Gasteiger partial charge in [0.2, 0.25) is 0 Å². The van der Waals surface area contributed by atoms with Crippen LogP contribution in [0.4, 0.5) is 0 Å². The average molecular weight is 350 g/mol. The molecule has 0 unspecified atom stereocenters. The minimum absolute atomic E-state index is 0.0947. The molecule has 0 saturated carbocycles. The van der Waals surface area contributed by atoms with E-state index < -0.39 is 5.76 Å². The molecule has 0 spiro atoms. The Balaban J connectivity index is 1.96. The molecule has 6 nitrogen and oxygen atoms in total. The number of aromatic hydroxyl groups is 1. The minimum Gasteiger partial charge on any atom is -0.507 e. The number of aromatic amines is 2. The Morgan fingerprint density at radius 3 is 2.76 bits per heavy atom. The summed E-state index contributed by atoms with van der Waals surface area (Å²) in [7, 11) is 0. The number of aromatic nitrogens is 2. The molecule has 2 aromatic carbocycles. The maximum absolute atomic E-state index is 12.2. The molecule has 0 radical (unpaired) electrons. The van der Waals surface area contributed by atoms with Crippen LogP contribution >= 0.6 is 11.3 Å². The van der Waals surface area contributed by atoms with Gasteiger partial charge in [-0.15, -0.1) is 11.3 Å². The molecule has 0 saturated heterocycles. The van der Waals surface area contributed by atoms with Gasteiger partial charge in [-0.25, -0.2) is 4.79 Å². The maximum Gasteiger partial charge on any atom is 0.417 e. The molecule has 0 bridgehead atoms. The van der Waals surface area contributed by atoms with Crippen molar-refractivity contribution in [2.24, 2.45) is 0 Å². The molecule has 0 atom stereocenters. The van der Waals surface area contributed by atoms with Gasteiger partial charge in [0, 0.05) is 21.9 Å². The summed E-state index contributed by atoms with van der Waals surface area (Å²) < 4.78 is 5.64. The molecule has 5 rings (SSSR count). The van der Waals surface area contributed by atoms with Gasteiger partial charge in [0.15, 0.2) is 5.58 Å². The number of nitrogens with one attached hydrogen (secondary N) is 2. The fourth-order valence-corrected chi connectivity index (χ4v) is 4.03. The first kappa shape index (κ1) is 14.1. The Morgan fingerprint density at radius 1 is 1.00 bits per heavy atom. The van der Waals surface area contributed by atoms with Crippen LogP contribution in [0.1, 0.15) is 0 Å². The lowest BCUT2D eigenvalue weighted by Gasteiger charge is -2.10. The number of H-pyrrole nitrogens is 2. The number of oxazole rings is 1. The van der Waals surface area contributed by atoms with Gasteiger partial charge in [-0.1, -0.05) is 6.07 Å². The topological polar surface area (TPSA) is 99.1 Å². The maximum atomic E-state index is 12.2. The van der Waals surface area contributed by atoms with E-state index in [1.165, 1.54) is 11.3 Å². The summed E-state index contributed by atoms with van der Waals surface area (Å²) in [6.45, 7) is 0. The highest BCUT2D eigenvalue weighted by atomic mass is 32.1. The highest BCUT2D eigenvalue weighted by Crippen LogP contribution is 2.40. The van der Waals surface area contributed by atoms with E-state index in [-0.39, 0.29) is 11.3 Å². The molecule has 7 heteroatoms. The van der Waals surface area contributed by atoms with Crippen molar-refractivity contribution in [1.82, 2.24) is 9.97 Å². The smallest absolute Gasteiger partial charge is 0.417 e. The number of fused-ring (bicyclic) bond motifs is 4. The number of phenolic OH excluding ortho intramolecular Hbond substituents is 1. The summed E-state index contributed by atoms with van der Waals surface area (Å²) in [5, 5.41) is 13.9. The van der Waals surface area contributed by atoms with E-state index >= 15 is 0 Å². The van der Waals surface area contributed by atoms with Crippen molar-refractivity contribution in [3.63, 3.8) is 0 Å². The van der Waals surface area contributed by atoms with Crippen LogP contribution in [0.2, 0.25) is 0 Å². The largest absolute Gasteiger partial charge is 0.507 e. The first-order chi connectivity index (χ1) is 12.1. The van der Waals surface area contributed by atoms with Crippen LogP contribution in [0, 0.1) is 0 Å². The van der Waals surface area contributed by atoms with Crippen LogP contribution in [0.15, 0.2) is 55.8 Å². The number of benzene rings is 2. The third kappa shape index (κ3) is 1.96. The van der Waals surface area contributed by atoms with Crippen LogP contribution in [0.5, 0.6) is 5.75 Å². The zero-order chi connectivity index (χ0) is 17.1. The molecule has 3 aromatic heterocycles. The number of phenols is 1.